The highest BCUT2D eigenvalue weighted by Crippen LogP contribution is 2.19. The lowest BCUT2D eigenvalue weighted by Crippen LogP contribution is -2.32. The maximum absolute atomic E-state index is 13.1. The van der Waals surface area contributed by atoms with E-state index in [-0.39, 0.29) is 28.6 Å². The van der Waals surface area contributed by atoms with Crippen LogP contribution >= 0.6 is 11.6 Å². The summed E-state index contributed by atoms with van der Waals surface area (Å²) in [6.07, 6.45) is 2.66. The van der Waals surface area contributed by atoms with Crippen LogP contribution in [-0.2, 0) is 29.4 Å². The Kier molecular flexibility index (Phi) is 4.71. The molecule has 9 heteroatoms. The van der Waals surface area contributed by atoms with Gasteiger partial charge in [-0.1, -0.05) is 11.6 Å². The number of benzene rings is 1. The molecular formula is C15H15ClFN3O3S. The summed E-state index contributed by atoms with van der Waals surface area (Å²) in [7, 11) is -3.84. The second kappa shape index (κ2) is 6.62. The standard InChI is InChI=1S/C15H15ClFN3O3S/c16-12-9-11(4-5-13(12)17)24(22,23)18-6-7-20-15(21)8-10-2-1-3-14(10)19-20/h4-5,8-9,18H,1-3,6-7H2. The highest BCUT2D eigenvalue weighted by atomic mass is 35.5. The summed E-state index contributed by atoms with van der Waals surface area (Å²) in [6.45, 7) is 0.100. The van der Waals surface area contributed by atoms with Gasteiger partial charge in [0.25, 0.3) is 5.56 Å². The second-order valence-electron chi connectivity index (χ2n) is 5.50. The third-order valence-corrected chi connectivity index (χ3v) is 5.59. The van der Waals surface area contributed by atoms with Gasteiger partial charge < -0.3 is 0 Å². The van der Waals surface area contributed by atoms with Gasteiger partial charge in [0.1, 0.15) is 5.82 Å². The molecule has 0 radical (unpaired) electrons. The molecule has 1 N–H and O–H groups in total. The summed E-state index contributed by atoms with van der Waals surface area (Å²) in [5.41, 5.74) is 1.61. The fourth-order valence-corrected chi connectivity index (χ4v) is 3.90. The molecule has 0 amide bonds. The summed E-state index contributed by atoms with van der Waals surface area (Å²) in [6, 6.07) is 4.72. The summed E-state index contributed by atoms with van der Waals surface area (Å²) < 4.78 is 41.0. The number of fused-ring (bicyclic) bond motifs is 1. The molecule has 1 aromatic carbocycles. The van der Waals surface area contributed by atoms with Crippen LogP contribution < -0.4 is 10.3 Å². The van der Waals surface area contributed by atoms with E-state index in [4.69, 9.17) is 11.6 Å². The Bertz CT molecular complexity index is 943. The highest BCUT2D eigenvalue weighted by Gasteiger charge is 2.17. The number of sulfonamides is 1. The van der Waals surface area contributed by atoms with E-state index in [1.807, 2.05) is 0 Å². The molecular weight excluding hydrogens is 357 g/mol. The molecule has 24 heavy (non-hydrogen) atoms. The van der Waals surface area contributed by atoms with Crippen LogP contribution in [0.4, 0.5) is 4.39 Å². The van der Waals surface area contributed by atoms with Gasteiger partial charge in [0.2, 0.25) is 10.0 Å². The SMILES string of the molecule is O=c1cc2c(nn1CCNS(=O)(=O)c1ccc(F)c(Cl)c1)CCC2. The summed E-state index contributed by atoms with van der Waals surface area (Å²) in [5, 5.41) is 4.00. The Morgan fingerprint density at radius 2 is 2.08 bits per heavy atom. The first-order chi connectivity index (χ1) is 11.4. The average molecular weight is 372 g/mol. The molecule has 0 atom stereocenters. The Balaban J connectivity index is 1.70. The van der Waals surface area contributed by atoms with E-state index in [1.165, 1.54) is 4.68 Å². The minimum Gasteiger partial charge on any atom is -0.268 e. The van der Waals surface area contributed by atoms with Gasteiger partial charge in [0.05, 0.1) is 22.2 Å². The molecule has 0 bridgehead atoms. The van der Waals surface area contributed by atoms with Gasteiger partial charge in [-0.05, 0) is 43.0 Å². The van der Waals surface area contributed by atoms with E-state index in [0.717, 1.165) is 48.7 Å². The summed E-state index contributed by atoms with van der Waals surface area (Å²) in [5.74, 6) is -0.690. The first-order valence-corrected chi connectivity index (χ1v) is 9.27. The van der Waals surface area contributed by atoms with Crippen molar-refractivity contribution in [2.45, 2.75) is 30.7 Å². The van der Waals surface area contributed by atoms with Crippen LogP contribution in [0.1, 0.15) is 17.7 Å². The van der Waals surface area contributed by atoms with Crippen LogP contribution in [0.5, 0.6) is 0 Å². The zero-order chi connectivity index (χ0) is 17.3. The lowest BCUT2D eigenvalue weighted by Gasteiger charge is -2.09. The van der Waals surface area contributed by atoms with E-state index in [0.29, 0.717) is 0 Å². The maximum Gasteiger partial charge on any atom is 0.267 e. The maximum atomic E-state index is 13.1. The third-order valence-electron chi connectivity index (χ3n) is 3.84. The van der Waals surface area contributed by atoms with E-state index in [9.17, 15) is 17.6 Å². The van der Waals surface area contributed by atoms with Crippen molar-refractivity contribution in [1.82, 2.24) is 14.5 Å². The van der Waals surface area contributed by atoms with E-state index >= 15 is 0 Å². The minimum atomic E-state index is -3.84. The largest absolute Gasteiger partial charge is 0.268 e. The van der Waals surface area contributed by atoms with Crippen molar-refractivity contribution in [3.05, 3.63) is 56.7 Å². The molecule has 0 saturated heterocycles. The van der Waals surface area contributed by atoms with Crippen LogP contribution in [0.15, 0.2) is 34.0 Å². The van der Waals surface area contributed by atoms with Gasteiger partial charge in [-0.25, -0.2) is 22.2 Å². The fraction of sp³-hybridized carbons (Fsp3) is 0.333. The predicted octanol–water partition coefficient (Wildman–Crippen LogP) is 1.50. The second-order valence-corrected chi connectivity index (χ2v) is 7.68. The lowest BCUT2D eigenvalue weighted by atomic mass is 10.2. The smallest absolute Gasteiger partial charge is 0.267 e. The molecule has 1 aliphatic rings. The number of rotatable bonds is 5. The monoisotopic (exact) mass is 371 g/mol. The average Bonchev–Trinajstić information content (AvgIpc) is 2.97. The van der Waals surface area contributed by atoms with Crippen molar-refractivity contribution in [1.29, 1.82) is 0 Å². The first kappa shape index (κ1) is 17.1. The number of halogens is 2. The van der Waals surface area contributed by atoms with E-state index < -0.39 is 15.8 Å². The molecule has 128 valence electrons. The molecule has 6 nitrogen and oxygen atoms in total. The van der Waals surface area contributed by atoms with Crippen LogP contribution in [0, 0.1) is 5.82 Å². The van der Waals surface area contributed by atoms with Gasteiger partial charge in [0, 0.05) is 12.6 Å². The van der Waals surface area contributed by atoms with Crippen molar-refractivity contribution in [3.8, 4) is 0 Å². The van der Waals surface area contributed by atoms with Crippen molar-refractivity contribution >= 4 is 21.6 Å². The normalized spacial score (nSPS) is 13.9. The highest BCUT2D eigenvalue weighted by molar-refractivity contribution is 7.89. The lowest BCUT2D eigenvalue weighted by molar-refractivity contribution is 0.541. The molecule has 0 aliphatic heterocycles. The minimum absolute atomic E-state index is 0.0109. The van der Waals surface area contributed by atoms with Gasteiger partial charge in [-0.15, -0.1) is 0 Å². The molecule has 3 rings (SSSR count). The van der Waals surface area contributed by atoms with Crippen LogP contribution in [0.2, 0.25) is 5.02 Å². The molecule has 1 aliphatic carbocycles. The quantitative estimate of drug-likeness (QED) is 0.863. The van der Waals surface area contributed by atoms with Gasteiger partial charge >= 0.3 is 0 Å². The zero-order valence-corrected chi connectivity index (χ0v) is 14.2. The molecule has 2 aromatic rings. The molecule has 0 spiro atoms. The van der Waals surface area contributed by atoms with Gasteiger partial charge in [0.15, 0.2) is 0 Å². The van der Waals surface area contributed by atoms with E-state index in [2.05, 4.69) is 9.82 Å². The summed E-state index contributed by atoms with van der Waals surface area (Å²) >= 11 is 5.60. The third kappa shape index (κ3) is 3.50. The van der Waals surface area contributed by atoms with Crippen molar-refractivity contribution in [2.24, 2.45) is 0 Å². The van der Waals surface area contributed by atoms with Crippen molar-refractivity contribution in [2.75, 3.05) is 6.54 Å². The van der Waals surface area contributed by atoms with Gasteiger partial charge in [-0.2, -0.15) is 5.10 Å². The topological polar surface area (TPSA) is 81.1 Å². The van der Waals surface area contributed by atoms with Gasteiger partial charge in [-0.3, -0.25) is 4.79 Å². The fourth-order valence-electron chi connectivity index (χ4n) is 2.61. The molecule has 0 fully saturated rings. The van der Waals surface area contributed by atoms with E-state index in [1.54, 1.807) is 6.07 Å². The van der Waals surface area contributed by atoms with Crippen molar-refractivity contribution < 1.29 is 12.8 Å². The number of nitrogens with zero attached hydrogens (tertiary/aromatic N) is 2. The molecule has 1 aromatic heterocycles. The van der Waals surface area contributed by atoms with Crippen LogP contribution in [0.3, 0.4) is 0 Å². The number of aromatic nitrogens is 2. The number of hydrogen-bond acceptors (Lipinski definition) is 4. The Morgan fingerprint density at radius 1 is 1.29 bits per heavy atom. The number of aryl methyl sites for hydroxylation is 2. The first-order valence-electron chi connectivity index (χ1n) is 7.41. The number of nitrogens with one attached hydrogen (secondary N) is 1. The predicted molar refractivity (Wildman–Crippen MR) is 87.1 cm³/mol. The van der Waals surface area contributed by atoms with Crippen LogP contribution in [-0.4, -0.2) is 24.7 Å². The summed E-state index contributed by atoms with van der Waals surface area (Å²) in [4.78, 5) is 11.8. The molecule has 0 saturated carbocycles. The number of hydrogen-bond donors (Lipinski definition) is 1. The Labute approximate surface area is 143 Å². The van der Waals surface area contributed by atoms with Crippen molar-refractivity contribution in [3.63, 3.8) is 0 Å². The van der Waals surface area contributed by atoms with Crippen LogP contribution in [0.25, 0.3) is 0 Å². The Hall–Kier alpha value is -1.77. The molecule has 0 unspecified atom stereocenters. The Morgan fingerprint density at radius 3 is 2.83 bits per heavy atom. The molecule has 1 heterocycles. The zero-order valence-electron chi connectivity index (χ0n) is 12.6.